The average Bonchev–Trinajstić information content (AvgIpc) is 2.99. The van der Waals surface area contributed by atoms with Gasteiger partial charge in [0.05, 0.1) is 13.1 Å². The van der Waals surface area contributed by atoms with Crippen LogP contribution in [0, 0.1) is 0 Å². The third kappa shape index (κ3) is 7.83. The number of rotatable bonds is 6. The number of aliphatic imine (C=N–C) groups is 2. The Morgan fingerprint density at radius 1 is 0.436 bits per heavy atom. The lowest BCUT2D eigenvalue weighted by molar-refractivity contribution is 1.08. The highest BCUT2D eigenvalue weighted by molar-refractivity contribution is 5.99. The van der Waals surface area contributed by atoms with Crippen molar-refractivity contribution in [3.63, 3.8) is 0 Å². The molecule has 0 atom stereocenters. The van der Waals surface area contributed by atoms with Crippen LogP contribution in [0.3, 0.4) is 0 Å². The minimum Gasteiger partial charge on any atom is -0.288 e. The number of nitrogens with zero attached hydrogens (tertiary/aromatic N) is 2. The molecule has 6 aromatic rings. The summed E-state index contributed by atoms with van der Waals surface area (Å²) in [7, 11) is 0. The Morgan fingerprint density at radius 3 is 1.67 bits per heavy atom. The summed E-state index contributed by atoms with van der Waals surface area (Å²) < 4.78 is 0. The quantitative estimate of drug-likeness (QED) is 0.201. The van der Waals surface area contributed by atoms with Gasteiger partial charge in [-0.2, -0.15) is 0 Å². The third-order valence-electron chi connectivity index (χ3n) is 6.30. The largest absolute Gasteiger partial charge is 0.288 e. The van der Waals surface area contributed by atoms with Gasteiger partial charge in [0.1, 0.15) is 0 Å². The van der Waals surface area contributed by atoms with E-state index in [1.807, 2.05) is 48.8 Å². The molecule has 0 fully saturated rings. The van der Waals surface area contributed by atoms with Crippen LogP contribution in [0.5, 0.6) is 0 Å². The van der Waals surface area contributed by atoms with Crippen molar-refractivity contribution >= 4 is 34.0 Å². The lowest BCUT2D eigenvalue weighted by Crippen LogP contribution is -1.86. The van der Waals surface area contributed by atoms with Crippen LogP contribution in [-0.4, -0.2) is 12.4 Å². The number of fused-ring (bicyclic) bond motifs is 2. The Balaban J connectivity index is 0.000000176. The SMILES string of the molecule is C.C(=NCc1ccccc1)c1ccc2ccccc2c1.C(=NCc1ccccc1)c1cccc2ccccc12. The van der Waals surface area contributed by atoms with Crippen LogP contribution in [-0.2, 0) is 13.1 Å². The number of hydrogen-bond donors (Lipinski definition) is 0. The van der Waals surface area contributed by atoms with E-state index in [1.165, 1.54) is 38.2 Å². The van der Waals surface area contributed by atoms with Gasteiger partial charge in [-0.05, 0) is 44.3 Å². The molecule has 0 saturated heterocycles. The van der Waals surface area contributed by atoms with Gasteiger partial charge in [0.2, 0.25) is 0 Å². The van der Waals surface area contributed by atoms with Crippen molar-refractivity contribution in [2.75, 3.05) is 0 Å². The zero-order valence-corrected chi connectivity index (χ0v) is 21.3. The molecule has 0 spiro atoms. The maximum atomic E-state index is 4.54. The maximum Gasteiger partial charge on any atom is 0.0639 e. The Bertz CT molecular complexity index is 1640. The molecular weight excluding hydrogens is 472 g/mol. The van der Waals surface area contributed by atoms with Gasteiger partial charge in [-0.25, -0.2) is 0 Å². The maximum absolute atomic E-state index is 4.54. The molecule has 2 heteroatoms. The lowest BCUT2D eigenvalue weighted by Gasteiger charge is -2.01. The van der Waals surface area contributed by atoms with E-state index in [0.717, 1.165) is 18.7 Å². The number of benzene rings is 6. The van der Waals surface area contributed by atoms with Crippen molar-refractivity contribution in [1.82, 2.24) is 0 Å². The fourth-order valence-electron chi connectivity index (χ4n) is 4.32. The van der Waals surface area contributed by atoms with Gasteiger partial charge in [-0.3, -0.25) is 9.98 Å². The van der Waals surface area contributed by atoms with Gasteiger partial charge >= 0.3 is 0 Å². The van der Waals surface area contributed by atoms with Gasteiger partial charge in [0.15, 0.2) is 0 Å². The van der Waals surface area contributed by atoms with Crippen molar-refractivity contribution in [2.24, 2.45) is 9.98 Å². The molecule has 6 aromatic carbocycles. The smallest absolute Gasteiger partial charge is 0.0639 e. The monoisotopic (exact) mass is 506 g/mol. The van der Waals surface area contributed by atoms with Crippen LogP contribution in [0.4, 0.5) is 0 Å². The molecule has 0 bridgehead atoms. The predicted molar refractivity (Wildman–Crippen MR) is 170 cm³/mol. The molecular formula is C37H34N2. The second-order valence-corrected chi connectivity index (χ2v) is 9.09. The highest BCUT2D eigenvalue weighted by atomic mass is 14.7. The lowest BCUT2D eigenvalue weighted by atomic mass is 10.1. The van der Waals surface area contributed by atoms with Crippen LogP contribution >= 0.6 is 0 Å². The highest BCUT2D eigenvalue weighted by Gasteiger charge is 1.97. The van der Waals surface area contributed by atoms with Crippen molar-refractivity contribution in [3.8, 4) is 0 Å². The third-order valence-corrected chi connectivity index (χ3v) is 6.30. The summed E-state index contributed by atoms with van der Waals surface area (Å²) in [6.07, 6.45) is 3.91. The Morgan fingerprint density at radius 2 is 0.974 bits per heavy atom. The van der Waals surface area contributed by atoms with Gasteiger partial charge in [-0.1, -0.05) is 147 Å². The van der Waals surface area contributed by atoms with Crippen LogP contribution < -0.4 is 0 Å². The molecule has 0 aliphatic carbocycles. The minimum atomic E-state index is 0. The first kappa shape index (κ1) is 27.2. The first-order valence-electron chi connectivity index (χ1n) is 12.9. The van der Waals surface area contributed by atoms with Crippen LogP contribution in [0.2, 0.25) is 0 Å². The molecule has 192 valence electrons. The molecule has 0 aliphatic heterocycles. The molecule has 2 nitrogen and oxygen atoms in total. The van der Waals surface area contributed by atoms with Gasteiger partial charge in [0, 0.05) is 18.0 Å². The fourth-order valence-corrected chi connectivity index (χ4v) is 4.32. The van der Waals surface area contributed by atoms with Crippen LogP contribution in [0.25, 0.3) is 21.5 Å². The zero-order valence-electron chi connectivity index (χ0n) is 21.3. The second kappa shape index (κ2) is 14.2. The zero-order chi connectivity index (χ0) is 25.8. The van der Waals surface area contributed by atoms with Crippen molar-refractivity contribution < 1.29 is 0 Å². The van der Waals surface area contributed by atoms with E-state index in [2.05, 4.69) is 119 Å². The van der Waals surface area contributed by atoms with E-state index in [1.54, 1.807) is 0 Å². The first-order valence-corrected chi connectivity index (χ1v) is 12.9. The van der Waals surface area contributed by atoms with E-state index < -0.39 is 0 Å². The second-order valence-electron chi connectivity index (χ2n) is 9.09. The van der Waals surface area contributed by atoms with Gasteiger partial charge < -0.3 is 0 Å². The summed E-state index contributed by atoms with van der Waals surface area (Å²) in [6, 6.07) is 50.1. The van der Waals surface area contributed by atoms with Crippen molar-refractivity contribution in [3.05, 3.63) is 168 Å². The molecule has 0 amide bonds. The normalized spacial score (nSPS) is 10.9. The van der Waals surface area contributed by atoms with E-state index in [0.29, 0.717) is 0 Å². The number of hydrogen-bond acceptors (Lipinski definition) is 2. The molecule has 0 aromatic heterocycles. The molecule has 0 saturated carbocycles. The van der Waals surface area contributed by atoms with Gasteiger partial charge in [0.25, 0.3) is 0 Å². The molecule has 0 aliphatic rings. The van der Waals surface area contributed by atoms with E-state index in [4.69, 9.17) is 0 Å². The van der Waals surface area contributed by atoms with E-state index >= 15 is 0 Å². The summed E-state index contributed by atoms with van der Waals surface area (Å²) >= 11 is 0. The summed E-state index contributed by atoms with van der Waals surface area (Å²) in [6.45, 7) is 1.46. The minimum absolute atomic E-state index is 0. The highest BCUT2D eigenvalue weighted by Crippen LogP contribution is 2.17. The summed E-state index contributed by atoms with van der Waals surface area (Å²) in [5, 5.41) is 5.03. The molecule has 39 heavy (non-hydrogen) atoms. The van der Waals surface area contributed by atoms with E-state index in [-0.39, 0.29) is 7.43 Å². The fraction of sp³-hybridized carbons (Fsp3) is 0.0811. The molecule has 0 heterocycles. The summed E-state index contributed by atoms with van der Waals surface area (Å²) in [5.41, 5.74) is 4.79. The Hall–Kier alpha value is -4.82. The van der Waals surface area contributed by atoms with Gasteiger partial charge in [-0.15, -0.1) is 0 Å². The summed E-state index contributed by atoms with van der Waals surface area (Å²) in [5.74, 6) is 0. The summed E-state index contributed by atoms with van der Waals surface area (Å²) in [4.78, 5) is 9.03. The molecule has 6 rings (SSSR count). The first-order chi connectivity index (χ1) is 18.8. The molecule has 0 radical (unpaired) electrons. The Labute approximate surface area is 232 Å². The van der Waals surface area contributed by atoms with Crippen LogP contribution in [0.15, 0.2) is 156 Å². The topological polar surface area (TPSA) is 24.7 Å². The van der Waals surface area contributed by atoms with Crippen molar-refractivity contribution in [2.45, 2.75) is 20.5 Å². The standard InChI is InChI=1S/2C18H15N.CH4/c1-2-7-15(8-3-1)13-19-14-17-11-6-10-16-9-4-5-12-18(16)17;1-2-6-15(7-3-1)13-19-14-16-10-11-17-8-4-5-9-18(17)12-16;/h2*1-12,14H,13H2;1H4. The average molecular weight is 507 g/mol. The predicted octanol–water partition coefficient (Wildman–Crippen LogP) is 9.55. The van der Waals surface area contributed by atoms with Crippen molar-refractivity contribution in [1.29, 1.82) is 0 Å². The Kier molecular flexibility index (Phi) is 9.92. The van der Waals surface area contributed by atoms with E-state index in [9.17, 15) is 0 Å². The molecule has 0 unspecified atom stereocenters. The molecule has 0 N–H and O–H groups in total. The van der Waals surface area contributed by atoms with Crippen LogP contribution in [0.1, 0.15) is 29.7 Å².